The third-order valence-electron chi connectivity index (χ3n) is 3.97. The van der Waals surface area contributed by atoms with Gasteiger partial charge in [-0.1, -0.05) is 18.8 Å². The highest BCUT2D eigenvalue weighted by atomic mass is 16.6. The molecule has 7 heteroatoms. The van der Waals surface area contributed by atoms with Crippen molar-refractivity contribution in [1.82, 2.24) is 4.98 Å². The van der Waals surface area contributed by atoms with Crippen molar-refractivity contribution in [3.8, 4) is 0 Å². The third-order valence-corrected chi connectivity index (χ3v) is 3.97. The summed E-state index contributed by atoms with van der Waals surface area (Å²) in [6.07, 6.45) is 3.57. The Morgan fingerprint density at radius 2 is 2.13 bits per heavy atom. The first-order valence-electron chi connectivity index (χ1n) is 7.51. The van der Waals surface area contributed by atoms with E-state index in [4.69, 9.17) is 0 Å². The number of aliphatic hydroxyl groups is 1. The van der Waals surface area contributed by atoms with Crippen LogP contribution >= 0.6 is 0 Å². The maximum atomic E-state index is 11.3. The van der Waals surface area contributed by atoms with Crippen molar-refractivity contribution < 1.29 is 14.6 Å². The van der Waals surface area contributed by atoms with Crippen LogP contribution in [0, 0.1) is 16.0 Å². The second-order valence-electron chi connectivity index (χ2n) is 6.17. The van der Waals surface area contributed by atoms with E-state index in [2.05, 4.69) is 18.8 Å². The summed E-state index contributed by atoms with van der Waals surface area (Å²) in [5.41, 5.74) is -0.635. The highest BCUT2D eigenvalue weighted by Crippen LogP contribution is 2.34. The largest absolute Gasteiger partial charge is 0.396 e. The summed E-state index contributed by atoms with van der Waals surface area (Å²) >= 11 is 0. The molecule has 23 heavy (non-hydrogen) atoms. The Labute approximate surface area is 134 Å². The maximum absolute atomic E-state index is 11.3. The molecule has 0 amide bonds. The van der Waals surface area contributed by atoms with Gasteiger partial charge >= 0.3 is 5.95 Å². The van der Waals surface area contributed by atoms with E-state index >= 15 is 0 Å². The Balaban J connectivity index is 2.03. The van der Waals surface area contributed by atoms with Crippen molar-refractivity contribution in [2.75, 3.05) is 11.4 Å². The van der Waals surface area contributed by atoms with E-state index < -0.39 is 10.6 Å². The van der Waals surface area contributed by atoms with E-state index in [0.717, 1.165) is 0 Å². The van der Waals surface area contributed by atoms with Gasteiger partial charge in [0.25, 0.3) is 5.69 Å². The molecule has 3 rings (SSSR count). The zero-order chi connectivity index (χ0) is 16.6. The minimum Gasteiger partial charge on any atom is -0.353 e. The minimum atomic E-state index is -1.26. The van der Waals surface area contributed by atoms with Gasteiger partial charge in [0.05, 0.1) is 17.7 Å². The molecular weight excluding hydrogens is 296 g/mol. The Kier molecular flexibility index (Phi) is 3.73. The molecule has 120 valence electrons. The maximum Gasteiger partial charge on any atom is 0.396 e. The number of hydrogen-bond donors (Lipinski definition) is 1. The molecule has 0 bridgehead atoms. The summed E-state index contributed by atoms with van der Waals surface area (Å²) < 4.78 is 1.89. The summed E-state index contributed by atoms with van der Waals surface area (Å²) in [7, 11) is 0. The van der Waals surface area contributed by atoms with Crippen molar-refractivity contribution in [1.29, 1.82) is 0 Å². The number of hydrogen-bond acceptors (Lipinski definition) is 5. The van der Waals surface area contributed by atoms with Crippen LogP contribution in [-0.2, 0) is 12.3 Å². The van der Waals surface area contributed by atoms with Crippen LogP contribution in [0.4, 0.5) is 11.6 Å². The second kappa shape index (κ2) is 5.58. The van der Waals surface area contributed by atoms with Crippen molar-refractivity contribution in [3.05, 3.63) is 58.4 Å². The first-order chi connectivity index (χ1) is 10.9. The first-order valence-corrected chi connectivity index (χ1v) is 7.51. The molecule has 1 aromatic heterocycles. The predicted molar refractivity (Wildman–Crippen MR) is 83.6 cm³/mol. The zero-order valence-electron chi connectivity index (χ0n) is 13.1. The topological polar surface area (TPSA) is 83.4 Å². The Hall–Kier alpha value is -2.54. The average Bonchev–Trinajstić information content (AvgIpc) is 2.80. The molecule has 1 atom stereocenters. The van der Waals surface area contributed by atoms with Gasteiger partial charge in [-0.3, -0.25) is 10.1 Å². The average molecular weight is 315 g/mol. The molecule has 0 saturated heterocycles. The molecular formula is C16H19N4O3+. The highest BCUT2D eigenvalue weighted by molar-refractivity contribution is 5.41. The number of benzene rings is 1. The monoisotopic (exact) mass is 315 g/mol. The molecule has 1 aliphatic heterocycles. The number of fused-ring (bicyclic) bond motifs is 1. The van der Waals surface area contributed by atoms with Gasteiger partial charge < -0.3 is 5.11 Å². The number of rotatable bonds is 4. The molecule has 0 fully saturated rings. The summed E-state index contributed by atoms with van der Waals surface area (Å²) in [5, 5.41) is 22.1. The van der Waals surface area contributed by atoms with Crippen LogP contribution in [0.1, 0.15) is 19.4 Å². The van der Waals surface area contributed by atoms with Crippen molar-refractivity contribution in [2.45, 2.75) is 26.1 Å². The summed E-state index contributed by atoms with van der Waals surface area (Å²) in [6, 6.07) is 7.87. The van der Waals surface area contributed by atoms with Gasteiger partial charge in [0, 0.05) is 23.8 Å². The zero-order valence-corrected chi connectivity index (χ0v) is 13.1. The Morgan fingerprint density at radius 3 is 2.74 bits per heavy atom. The van der Waals surface area contributed by atoms with Crippen LogP contribution < -0.4 is 9.47 Å². The van der Waals surface area contributed by atoms with Gasteiger partial charge in [-0.2, -0.15) is 0 Å². The van der Waals surface area contributed by atoms with E-state index in [-0.39, 0.29) is 5.69 Å². The number of aromatic nitrogens is 2. The number of non-ortho nitro benzene ring substituents is 1. The third kappa shape index (κ3) is 2.63. The van der Waals surface area contributed by atoms with Gasteiger partial charge in [0.2, 0.25) is 5.72 Å². The normalized spacial score (nSPS) is 19.9. The fourth-order valence-corrected chi connectivity index (χ4v) is 2.92. The smallest absolute Gasteiger partial charge is 0.353 e. The number of nitro groups is 1. The lowest BCUT2D eigenvalue weighted by Crippen LogP contribution is -2.47. The van der Waals surface area contributed by atoms with Gasteiger partial charge in [0.15, 0.2) is 0 Å². The Bertz CT molecular complexity index is 732. The van der Waals surface area contributed by atoms with E-state index in [0.29, 0.717) is 30.5 Å². The van der Waals surface area contributed by atoms with Crippen LogP contribution in [0.3, 0.4) is 0 Å². The quantitative estimate of drug-likeness (QED) is 0.526. The van der Waals surface area contributed by atoms with Gasteiger partial charge in [-0.15, -0.1) is 0 Å². The van der Waals surface area contributed by atoms with E-state index in [1.165, 1.54) is 12.1 Å². The molecule has 0 aliphatic carbocycles. The second-order valence-corrected chi connectivity index (χ2v) is 6.17. The first kappa shape index (κ1) is 15.4. The summed E-state index contributed by atoms with van der Waals surface area (Å²) in [6.45, 7) is 5.11. The SMILES string of the molecule is CC(C)CN1c2nccc[n+]2CC1(O)c1ccc([N+](=O)[O-])cc1. The van der Waals surface area contributed by atoms with Gasteiger partial charge in [0.1, 0.15) is 12.7 Å². The number of anilines is 1. The fraction of sp³-hybridized carbons (Fsp3) is 0.375. The van der Waals surface area contributed by atoms with Crippen molar-refractivity contribution in [2.24, 2.45) is 5.92 Å². The minimum absolute atomic E-state index is 0.00838. The number of nitrogens with zero attached hydrogens (tertiary/aromatic N) is 4. The lowest BCUT2D eigenvalue weighted by atomic mass is 10.0. The lowest BCUT2D eigenvalue weighted by Gasteiger charge is -2.29. The van der Waals surface area contributed by atoms with E-state index in [1.807, 2.05) is 21.7 Å². The van der Waals surface area contributed by atoms with Crippen LogP contribution in [0.15, 0.2) is 42.7 Å². The molecule has 0 radical (unpaired) electrons. The molecule has 1 aromatic carbocycles. The van der Waals surface area contributed by atoms with Crippen LogP contribution in [-0.4, -0.2) is 21.6 Å². The molecule has 7 nitrogen and oxygen atoms in total. The van der Waals surface area contributed by atoms with Gasteiger partial charge in [-0.25, -0.2) is 9.47 Å². The summed E-state index contributed by atoms with van der Waals surface area (Å²) in [4.78, 5) is 16.6. The number of nitro benzene ring substituents is 1. The van der Waals surface area contributed by atoms with Crippen LogP contribution in [0.2, 0.25) is 0 Å². The molecule has 2 aromatic rings. The molecule has 1 unspecified atom stereocenters. The Morgan fingerprint density at radius 1 is 1.43 bits per heavy atom. The van der Waals surface area contributed by atoms with Crippen molar-refractivity contribution >= 4 is 11.6 Å². The van der Waals surface area contributed by atoms with E-state index in [9.17, 15) is 15.2 Å². The molecule has 1 N–H and O–H groups in total. The van der Waals surface area contributed by atoms with Crippen LogP contribution in [0.5, 0.6) is 0 Å². The van der Waals surface area contributed by atoms with E-state index in [1.54, 1.807) is 18.3 Å². The van der Waals surface area contributed by atoms with Gasteiger partial charge in [-0.05, 0) is 18.1 Å². The molecule has 1 aliphatic rings. The summed E-state index contributed by atoms with van der Waals surface area (Å²) in [5.74, 6) is 1.02. The lowest BCUT2D eigenvalue weighted by molar-refractivity contribution is -0.685. The predicted octanol–water partition coefficient (Wildman–Crippen LogP) is 1.60. The molecule has 0 saturated carbocycles. The van der Waals surface area contributed by atoms with Crippen molar-refractivity contribution in [3.63, 3.8) is 0 Å². The standard InChI is InChI=1S/C16H19N4O3/c1-12(2)10-19-15-17-8-3-9-18(15)11-16(19,21)13-4-6-14(7-5-13)20(22)23/h3-9,12,21H,10-11H2,1-2H3/q+1. The highest BCUT2D eigenvalue weighted by Gasteiger charge is 2.51. The molecule has 2 heterocycles. The fourth-order valence-electron chi connectivity index (χ4n) is 2.92. The molecule has 0 spiro atoms. The van der Waals surface area contributed by atoms with Crippen LogP contribution in [0.25, 0.3) is 0 Å².